The molecule has 0 unspecified atom stereocenters. The molecule has 0 spiro atoms. The van der Waals surface area contributed by atoms with Crippen LogP contribution in [0.2, 0.25) is 5.02 Å². The number of methoxy groups -OCH3 is 1. The van der Waals surface area contributed by atoms with Gasteiger partial charge >= 0.3 is 0 Å². The Morgan fingerprint density at radius 2 is 1.83 bits per heavy atom. The number of nitrogens with zero attached hydrogens (tertiary/aromatic N) is 1. The Bertz CT molecular complexity index is 1190. The first-order valence-corrected chi connectivity index (χ1v) is 10.5. The molecule has 5 nitrogen and oxygen atoms in total. The first kappa shape index (κ1) is 20.2. The van der Waals surface area contributed by atoms with E-state index in [9.17, 15) is 9.59 Å². The van der Waals surface area contributed by atoms with Crippen molar-refractivity contribution in [3.63, 3.8) is 0 Å². The highest BCUT2D eigenvalue weighted by molar-refractivity contribution is 7.11. The van der Waals surface area contributed by atoms with E-state index in [0.717, 1.165) is 11.1 Å². The van der Waals surface area contributed by atoms with Gasteiger partial charge in [-0.2, -0.15) is 0 Å². The van der Waals surface area contributed by atoms with Crippen LogP contribution in [0, 0.1) is 13.8 Å². The summed E-state index contributed by atoms with van der Waals surface area (Å²) in [5.74, 6) is -0.266. The summed E-state index contributed by atoms with van der Waals surface area (Å²) in [5.41, 5.74) is 3.52. The third-order valence-electron chi connectivity index (χ3n) is 4.87. The van der Waals surface area contributed by atoms with Crippen LogP contribution in [-0.2, 0) is 9.59 Å². The van der Waals surface area contributed by atoms with Gasteiger partial charge in [-0.3, -0.25) is 9.59 Å². The number of nitrogens with one attached hydrogen (secondary N) is 1. The van der Waals surface area contributed by atoms with Crippen molar-refractivity contribution in [3.05, 3.63) is 80.6 Å². The zero-order valence-electron chi connectivity index (χ0n) is 16.7. The first-order chi connectivity index (χ1) is 14.4. The Morgan fingerprint density at radius 1 is 1.03 bits per heavy atom. The normalized spacial score (nSPS) is 13.9. The molecule has 7 heteroatoms. The lowest BCUT2D eigenvalue weighted by Gasteiger charge is -2.18. The minimum Gasteiger partial charge on any atom is -0.495 e. The van der Waals surface area contributed by atoms with Crippen LogP contribution in [0.15, 0.2) is 59.6 Å². The van der Waals surface area contributed by atoms with Gasteiger partial charge in [-0.15, -0.1) is 11.3 Å². The Kier molecular flexibility index (Phi) is 5.37. The van der Waals surface area contributed by atoms with Crippen LogP contribution in [-0.4, -0.2) is 18.9 Å². The smallest absolute Gasteiger partial charge is 0.282 e. The minimum atomic E-state index is -0.419. The number of benzene rings is 2. The first-order valence-electron chi connectivity index (χ1n) is 9.25. The molecule has 0 radical (unpaired) electrons. The fourth-order valence-corrected chi connectivity index (χ4v) is 4.42. The molecular weight excluding hydrogens is 420 g/mol. The Labute approximate surface area is 183 Å². The summed E-state index contributed by atoms with van der Waals surface area (Å²) in [5, 5.41) is 5.47. The second kappa shape index (κ2) is 7.97. The number of halogens is 1. The van der Waals surface area contributed by atoms with Gasteiger partial charge in [0.25, 0.3) is 11.8 Å². The van der Waals surface area contributed by atoms with Gasteiger partial charge in [0.15, 0.2) is 0 Å². The van der Waals surface area contributed by atoms with Crippen molar-refractivity contribution in [1.82, 2.24) is 0 Å². The van der Waals surface area contributed by atoms with Crippen molar-refractivity contribution in [1.29, 1.82) is 0 Å². The van der Waals surface area contributed by atoms with Gasteiger partial charge in [0.05, 0.1) is 24.1 Å². The molecule has 30 heavy (non-hydrogen) atoms. The summed E-state index contributed by atoms with van der Waals surface area (Å²) >= 11 is 7.55. The minimum absolute atomic E-state index is 0.197. The van der Waals surface area contributed by atoms with Gasteiger partial charge in [-0.25, -0.2) is 4.90 Å². The molecule has 1 aromatic heterocycles. The SMILES string of the molecule is COc1ccc(Cl)cc1NC1=C(c2cccs2)C(=O)N(c2ccc(C)cc2C)C1=O. The number of amides is 2. The van der Waals surface area contributed by atoms with Crippen LogP contribution in [0.1, 0.15) is 16.0 Å². The van der Waals surface area contributed by atoms with Crippen molar-refractivity contribution in [2.45, 2.75) is 13.8 Å². The van der Waals surface area contributed by atoms with Crippen LogP contribution in [0.25, 0.3) is 5.57 Å². The zero-order chi connectivity index (χ0) is 21.4. The highest BCUT2D eigenvalue weighted by Crippen LogP contribution is 2.38. The highest BCUT2D eigenvalue weighted by atomic mass is 35.5. The van der Waals surface area contributed by atoms with Crippen LogP contribution in [0.3, 0.4) is 0 Å². The van der Waals surface area contributed by atoms with E-state index in [1.165, 1.54) is 23.3 Å². The molecule has 2 aromatic carbocycles. The van der Waals surface area contributed by atoms with Gasteiger partial charge in [0.1, 0.15) is 11.4 Å². The summed E-state index contributed by atoms with van der Waals surface area (Å²) < 4.78 is 5.39. The second-order valence-electron chi connectivity index (χ2n) is 6.93. The Morgan fingerprint density at radius 3 is 2.50 bits per heavy atom. The number of aryl methyl sites for hydroxylation is 2. The molecule has 0 saturated carbocycles. The predicted molar refractivity (Wildman–Crippen MR) is 121 cm³/mol. The van der Waals surface area contributed by atoms with E-state index in [1.54, 1.807) is 24.3 Å². The molecular formula is C23H19ClN2O3S. The summed E-state index contributed by atoms with van der Waals surface area (Å²) in [6.07, 6.45) is 0. The highest BCUT2D eigenvalue weighted by Gasteiger charge is 2.41. The van der Waals surface area contributed by atoms with Crippen molar-refractivity contribution in [2.75, 3.05) is 17.3 Å². The fourth-order valence-electron chi connectivity index (χ4n) is 3.48. The maximum absolute atomic E-state index is 13.5. The van der Waals surface area contributed by atoms with E-state index in [0.29, 0.717) is 32.6 Å². The number of ether oxygens (including phenoxy) is 1. The molecule has 0 bridgehead atoms. The summed E-state index contributed by atoms with van der Waals surface area (Å²) in [6, 6.07) is 14.4. The van der Waals surface area contributed by atoms with E-state index in [1.807, 2.05) is 43.5 Å². The standard InChI is InChI=1S/C23H19ClN2O3S/c1-13-6-8-17(14(2)11-13)26-22(27)20(19-5-4-10-30-19)21(23(26)28)25-16-12-15(24)7-9-18(16)29-3/h4-12,25H,1-3H3. The number of hydrogen-bond donors (Lipinski definition) is 1. The number of hydrogen-bond acceptors (Lipinski definition) is 5. The van der Waals surface area contributed by atoms with Crippen molar-refractivity contribution < 1.29 is 14.3 Å². The molecule has 3 aromatic rings. The number of anilines is 2. The topological polar surface area (TPSA) is 58.6 Å². The summed E-state index contributed by atoms with van der Waals surface area (Å²) in [7, 11) is 1.53. The lowest BCUT2D eigenvalue weighted by molar-refractivity contribution is -0.120. The largest absolute Gasteiger partial charge is 0.495 e. The van der Waals surface area contributed by atoms with Gasteiger partial charge in [-0.1, -0.05) is 35.4 Å². The number of carbonyl (C=O) groups excluding carboxylic acids is 2. The Balaban J connectivity index is 1.84. The summed E-state index contributed by atoms with van der Waals surface area (Å²) in [6.45, 7) is 3.86. The third-order valence-corrected chi connectivity index (χ3v) is 5.99. The van der Waals surface area contributed by atoms with Gasteiger partial charge in [-0.05, 0) is 55.1 Å². The average molecular weight is 439 g/mol. The third kappa shape index (κ3) is 3.49. The van der Waals surface area contributed by atoms with E-state index in [2.05, 4.69) is 5.32 Å². The summed E-state index contributed by atoms with van der Waals surface area (Å²) in [4.78, 5) is 28.8. The molecule has 2 amide bonds. The quantitative estimate of drug-likeness (QED) is 0.540. The molecule has 0 fully saturated rings. The molecule has 1 N–H and O–H groups in total. The number of carbonyl (C=O) groups is 2. The lowest BCUT2D eigenvalue weighted by atomic mass is 10.1. The van der Waals surface area contributed by atoms with Gasteiger partial charge in [0, 0.05) is 9.90 Å². The van der Waals surface area contributed by atoms with E-state index in [-0.39, 0.29) is 11.6 Å². The monoisotopic (exact) mass is 438 g/mol. The number of rotatable bonds is 5. The van der Waals surface area contributed by atoms with E-state index in [4.69, 9.17) is 16.3 Å². The molecule has 1 aliphatic rings. The van der Waals surface area contributed by atoms with Gasteiger partial charge in [0.2, 0.25) is 0 Å². The van der Waals surface area contributed by atoms with Crippen LogP contribution in [0.4, 0.5) is 11.4 Å². The van der Waals surface area contributed by atoms with Crippen LogP contribution >= 0.6 is 22.9 Å². The molecule has 152 valence electrons. The second-order valence-corrected chi connectivity index (χ2v) is 8.32. The average Bonchev–Trinajstić information content (AvgIpc) is 3.30. The molecule has 0 atom stereocenters. The number of thiophene rings is 1. The van der Waals surface area contributed by atoms with Crippen molar-refractivity contribution >= 4 is 51.7 Å². The number of imide groups is 1. The van der Waals surface area contributed by atoms with Crippen molar-refractivity contribution in [2.24, 2.45) is 0 Å². The zero-order valence-corrected chi connectivity index (χ0v) is 18.2. The predicted octanol–water partition coefficient (Wildman–Crippen LogP) is 5.42. The maximum atomic E-state index is 13.5. The molecule has 4 rings (SSSR count). The van der Waals surface area contributed by atoms with E-state index >= 15 is 0 Å². The molecule has 1 aliphatic heterocycles. The molecule has 0 saturated heterocycles. The lowest BCUT2D eigenvalue weighted by Crippen LogP contribution is -2.33. The van der Waals surface area contributed by atoms with Crippen LogP contribution < -0.4 is 15.0 Å². The van der Waals surface area contributed by atoms with Gasteiger partial charge < -0.3 is 10.1 Å². The molecule has 2 heterocycles. The fraction of sp³-hybridized carbons (Fsp3) is 0.130. The maximum Gasteiger partial charge on any atom is 0.282 e. The van der Waals surface area contributed by atoms with E-state index < -0.39 is 5.91 Å². The molecule has 0 aliphatic carbocycles. The Hall–Kier alpha value is -3.09. The van der Waals surface area contributed by atoms with Crippen LogP contribution in [0.5, 0.6) is 5.75 Å². The van der Waals surface area contributed by atoms with Crippen molar-refractivity contribution in [3.8, 4) is 5.75 Å².